The number of thiophene rings is 1. The van der Waals surface area contributed by atoms with Crippen molar-refractivity contribution in [3.05, 3.63) is 21.3 Å². The Hall–Kier alpha value is -0.560. The lowest BCUT2D eigenvalue weighted by molar-refractivity contribution is 0.336. The predicted octanol–water partition coefficient (Wildman–Crippen LogP) is 3.18. The molecule has 0 aromatic carbocycles. The van der Waals surface area contributed by atoms with E-state index in [1.807, 2.05) is 6.07 Å². The first-order valence-electron chi connectivity index (χ1n) is 5.02. The van der Waals surface area contributed by atoms with Gasteiger partial charge in [-0.3, -0.25) is 0 Å². The van der Waals surface area contributed by atoms with Crippen LogP contribution in [-0.2, 0) is 6.42 Å². The van der Waals surface area contributed by atoms with Crippen molar-refractivity contribution in [3.63, 3.8) is 0 Å². The average molecular weight is 243 g/mol. The van der Waals surface area contributed by atoms with Crippen molar-refractivity contribution in [2.75, 3.05) is 20.1 Å². The fraction of sp³-hybridized carbons (Fsp3) is 0.545. The summed E-state index contributed by atoms with van der Waals surface area (Å²) in [7, 11) is 2.09. The highest BCUT2D eigenvalue weighted by Gasteiger charge is 2.01. The zero-order valence-electron chi connectivity index (χ0n) is 8.87. The maximum atomic E-state index is 8.41. The standard InChI is InChI=1S/C11H15ClN2S/c1-14(8-3-2-7-13)9-6-10-4-5-11(12)15-10/h4-5H,2-3,6,8-9H2,1H3. The van der Waals surface area contributed by atoms with Gasteiger partial charge in [-0.15, -0.1) is 11.3 Å². The van der Waals surface area contributed by atoms with Crippen molar-refractivity contribution in [1.82, 2.24) is 4.90 Å². The Kier molecular flexibility index (Phi) is 5.70. The van der Waals surface area contributed by atoms with Crippen LogP contribution in [0.15, 0.2) is 12.1 Å². The molecule has 1 heterocycles. The second-order valence-electron chi connectivity index (χ2n) is 3.52. The van der Waals surface area contributed by atoms with Gasteiger partial charge in [-0.25, -0.2) is 0 Å². The number of hydrogen-bond acceptors (Lipinski definition) is 3. The van der Waals surface area contributed by atoms with Crippen molar-refractivity contribution >= 4 is 22.9 Å². The lowest BCUT2D eigenvalue weighted by Crippen LogP contribution is -2.22. The molecule has 0 amide bonds. The second kappa shape index (κ2) is 6.84. The molecule has 0 atom stereocenters. The summed E-state index contributed by atoms with van der Waals surface area (Å²) in [6.45, 7) is 2.02. The number of likely N-dealkylation sites (N-methyl/N-ethyl adjacent to an activating group) is 1. The summed E-state index contributed by atoms with van der Waals surface area (Å²) in [6.07, 6.45) is 2.65. The number of nitriles is 1. The van der Waals surface area contributed by atoms with E-state index in [1.165, 1.54) is 4.88 Å². The summed E-state index contributed by atoms with van der Waals surface area (Å²) in [5.41, 5.74) is 0. The van der Waals surface area contributed by atoms with E-state index in [0.29, 0.717) is 6.42 Å². The first kappa shape index (κ1) is 12.5. The van der Waals surface area contributed by atoms with Crippen molar-refractivity contribution in [3.8, 4) is 6.07 Å². The van der Waals surface area contributed by atoms with Crippen LogP contribution >= 0.6 is 22.9 Å². The third kappa shape index (κ3) is 5.17. The molecule has 0 aliphatic heterocycles. The van der Waals surface area contributed by atoms with Gasteiger partial charge in [-0.1, -0.05) is 11.6 Å². The molecule has 0 saturated heterocycles. The number of rotatable bonds is 6. The molecule has 0 N–H and O–H groups in total. The zero-order valence-corrected chi connectivity index (χ0v) is 10.4. The maximum absolute atomic E-state index is 8.41. The van der Waals surface area contributed by atoms with Gasteiger partial charge in [0.25, 0.3) is 0 Å². The lowest BCUT2D eigenvalue weighted by atomic mass is 10.3. The fourth-order valence-corrected chi connectivity index (χ4v) is 2.40. The van der Waals surface area contributed by atoms with Crippen molar-refractivity contribution in [2.45, 2.75) is 19.3 Å². The third-order valence-electron chi connectivity index (χ3n) is 2.20. The van der Waals surface area contributed by atoms with E-state index in [0.717, 1.165) is 30.3 Å². The highest BCUT2D eigenvalue weighted by atomic mass is 35.5. The fourth-order valence-electron chi connectivity index (χ4n) is 1.33. The van der Waals surface area contributed by atoms with Crippen LogP contribution in [0.3, 0.4) is 0 Å². The Bertz CT molecular complexity index is 330. The highest BCUT2D eigenvalue weighted by molar-refractivity contribution is 7.16. The number of hydrogen-bond donors (Lipinski definition) is 0. The molecule has 2 nitrogen and oxygen atoms in total. The van der Waals surface area contributed by atoms with Crippen LogP contribution in [0.25, 0.3) is 0 Å². The average Bonchev–Trinajstić information content (AvgIpc) is 2.62. The van der Waals surface area contributed by atoms with E-state index >= 15 is 0 Å². The van der Waals surface area contributed by atoms with Crippen LogP contribution in [0.1, 0.15) is 17.7 Å². The number of halogens is 1. The molecule has 0 fully saturated rings. The molecule has 0 aliphatic rings. The van der Waals surface area contributed by atoms with Crippen LogP contribution in [0.2, 0.25) is 4.34 Å². The van der Waals surface area contributed by atoms with Crippen LogP contribution < -0.4 is 0 Å². The summed E-state index contributed by atoms with van der Waals surface area (Å²) in [6, 6.07) is 6.18. The van der Waals surface area contributed by atoms with Gasteiger partial charge in [0.15, 0.2) is 0 Å². The van der Waals surface area contributed by atoms with Gasteiger partial charge in [0.05, 0.1) is 10.4 Å². The molecule has 0 saturated carbocycles. The largest absolute Gasteiger partial charge is 0.306 e. The molecule has 0 aliphatic carbocycles. The smallest absolute Gasteiger partial charge is 0.0931 e. The van der Waals surface area contributed by atoms with Gasteiger partial charge in [-0.2, -0.15) is 5.26 Å². The summed E-state index contributed by atoms with van der Waals surface area (Å²) >= 11 is 7.49. The molecule has 1 rings (SSSR count). The molecule has 0 radical (unpaired) electrons. The Balaban J connectivity index is 2.17. The molecular formula is C11H15ClN2S. The Morgan fingerprint density at radius 1 is 1.47 bits per heavy atom. The normalized spacial score (nSPS) is 10.5. The van der Waals surface area contributed by atoms with Crippen LogP contribution in [0.5, 0.6) is 0 Å². The summed E-state index contributed by atoms with van der Waals surface area (Å²) in [5.74, 6) is 0. The van der Waals surface area contributed by atoms with Gasteiger partial charge in [0, 0.05) is 17.8 Å². The molecule has 1 aromatic heterocycles. The summed E-state index contributed by atoms with van der Waals surface area (Å²) < 4.78 is 0.858. The van der Waals surface area contributed by atoms with E-state index in [1.54, 1.807) is 11.3 Å². The molecule has 82 valence electrons. The molecule has 0 unspecified atom stereocenters. The predicted molar refractivity (Wildman–Crippen MR) is 65.4 cm³/mol. The first-order chi connectivity index (χ1) is 7.22. The molecular weight excluding hydrogens is 228 g/mol. The van der Waals surface area contributed by atoms with Crippen molar-refractivity contribution in [2.24, 2.45) is 0 Å². The SMILES string of the molecule is CN(CCCC#N)CCc1ccc(Cl)s1. The minimum absolute atomic E-state index is 0.648. The summed E-state index contributed by atoms with van der Waals surface area (Å²) in [4.78, 5) is 3.58. The minimum atomic E-state index is 0.648. The van der Waals surface area contributed by atoms with E-state index in [9.17, 15) is 0 Å². The minimum Gasteiger partial charge on any atom is -0.306 e. The van der Waals surface area contributed by atoms with E-state index < -0.39 is 0 Å². The Labute approximate surface area is 100 Å². The number of unbranched alkanes of at least 4 members (excludes halogenated alkanes) is 1. The van der Waals surface area contributed by atoms with E-state index in [4.69, 9.17) is 16.9 Å². The van der Waals surface area contributed by atoms with Gasteiger partial charge in [-0.05, 0) is 38.6 Å². The molecule has 4 heteroatoms. The summed E-state index contributed by atoms with van der Waals surface area (Å²) in [5, 5.41) is 8.41. The monoisotopic (exact) mass is 242 g/mol. The Morgan fingerprint density at radius 2 is 2.27 bits per heavy atom. The molecule has 1 aromatic rings. The topological polar surface area (TPSA) is 27.0 Å². The zero-order chi connectivity index (χ0) is 11.1. The third-order valence-corrected chi connectivity index (χ3v) is 3.49. The van der Waals surface area contributed by atoms with E-state index in [2.05, 4.69) is 24.1 Å². The van der Waals surface area contributed by atoms with Crippen molar-refractivity contribution in [1.29, 1.82) is 5.26 Å². The first-order valence-corrected chi connectivity index (χ1v) is 6.21. The molecule has 0 bridgehead atoms. The Morgan fingerprint density at radius 3 is 2.87 bits per heavy atom. The second-order valence-corrected chi connectivity index (χ2v) is 5.32. The van der Waals surface area contributed by atoms with Gasteiger partial charge in [0.2, 0.25) is 0 Å². The number of nitrogens with zero attached hydrogens (tertiary/aromatic N) is 2. The van der Waals surface area contributed by atoms with Crippen LogP contribution in [0, 0.1) is 11.3 Å². The van der Waals surface area contributed by atoms with Crippen LogP contribution in [-0.4, -0.2) is 25.0 Å². The lowest BCUT2D eigenvalue weighted by Gasteiger charge is -2.14. The molecule has 15 heavy (non-hydrogen) atoms. The van der Waals surface area contributed by atoms with Gasteiger partial charge >= 0.3 is 0 Å². The van der Waals surface area contributed by atoms with Gasteiger partial charge in [0.1, 0.15) is 0 Å². The van der Waals surface area contributed by atoms with Crippen molar-refractivity contribution < 1.29 is 0 Å². The van der Waals surface area contributed by atoms with Gasteiger partial charge < -0.3 is 4.90 Å². The molecule has 0 spiro atoms. The highest BCUT2D eigenvalue weighted by Crippen LogP contribution is 2.21. The van der Waals surface area contributed by atoms with E-state index in [-0.39, 0.29) is 0 Å². The maximum Gasteiger partial charge on any atom is 0.0931 e. The quantitative estimate of drug-likeness (QED) is 0.717. The van der Waals surface area contributed by atoms with Crippen LogP contribution in [0.4, 0.5) is 0 Å².